The second-order valence-electron chi connectivity index (χ2n) is 9.35. The van der Waals surface area contributed by atoms with Crippen LogP contribution in [0.15, 0.2) is 72.8 Å². The third-order valence-corrected chi connectivity index (χ3v) is 7.78. The Balaban J connectivity index is 1.55. The molecule has 0 unspecified atom stereocenters. The van der Waals surface area contributed by atoms with E-state index < -0.39 is 12.0 Å². The average Bonchev–Trinajstić information content (AvgIpc) is 3.39. The van der Waals surface area contributed by atoms with Crippen LogP contribution in [0, 0.1) is 0 Å². The molecule has 35 heavy (non-hydrogen) atoms. The lowest BCUT2D eigenvalue weighted by Crippen LogP contribution is -2.51. The van der Waals surface area contributed by atoms with Crippen LogP contribution in [0.5, 0.6) is 0 Å². The molecule has 180 valence electrons. The molecule has 2 aliphatic rings. The van der Waals surface area contributed by atoms with Crippen molar-refractivity contribution in [2.45, 2.75) is 50.1 Å². The van der Waals surface area contributed by atoms with Gasteiger partial charge in [0.2, 0.25) is 5.91 Å². The van der Waals surface area contributed by atoms with E-state index >= 15 is 0 Å². The van der Waals surface area contributed by atoms with Gasteiger partial charge in [-0.25, -0.2) is 0 Å². The highest BCUT2D eigenvalue weighted by Crippen LogP contribution is 2.47. The van der Waals surface area contributed by atoms with Gasteiger partial charge in [-0.3, -0.25) is 9.59 Å². The quantitative estimate of drug-likeness (QED) is 0.410. The number of carbonyl (C=O) groups excluding carboxylic acids is 2. The number of fused-ring (bicyclic) bond motifs is 1. The van der Waals surface area contributed by atoms with Crippen molar-refractivity contribution in [3.8, 4) is 0 Å². The molecular weight excluding hydrogens is 479 g/mol. The Labute approximate surface area is 216 Å². The summed E-state index contributed by atoms with van der Waals surface area (Å²) in [6, 6.07) is 22.5. The number of benzene rings is 3. The number of carbonyl (C=O) groups is 2. The first-order valence-corrected chi connectivity index (χ1v) is 13.0. The Hall–Kier alpha value is -2.82. The number of halogens is 2. The average molecular weight is 507 g/mol. The van der Waals surface area contributed by atoms with E-state index in [0.717, 1.165) is 48.8 Å². The summed E-state index contributed by atoms with van der Waals surface area (Å²) in [5.41, 5.74) is 3.27. The van der Waals surface area contributed by atoms with Crippen molar-refractivity contribution < 1.29 is 9.59 Å². The van der Waals surface area contributed by atoms with Gasteiger partial charge in [-0.05, 0) is 54.2 Å². The van der Waals surface area contributed by atoms with Crippen LogP contribution in [0.2, 0.25) is 10.0 Å². The van der Waals surface area contributed by atoms with E-state index in [-0.39, 0.29) is 17.9 Å². The summed E-state index contributed by atoms with van der Waals surface area (Å²) < 4.78 is 0. The molecule has 1 N–H and O–H groups in total. The first kappa shape index (κ1) is 23.9. The predicted molar refractivity (Wildman–Crippen MR) is 140 cm³/mol. The molecule has 1 aliphatic carbocycles. The van der Waals surface area contributed by atoms with E-state index in [9.17, 15) is 9.59 Å². The number of rotatable bonds is 6. The fourth-order valence-corrected chi connectivity index (χ4v) is 6.09. The van der Waals surface area contributed by atoms with Crippen molar-refractivity contribution in [2.75, 3.05) is 6.54 Å². The number of hydrogen-bond acceptors (Lipinski definition) is 2. The van der Waals surface area contributed by atoms with Crippen molar-refractivity contribution in [3.05, 3.63) is 105 Å². The van der Waals surface area contributed by atoms with E-state index in [4.69, 9.17) is 23.2 Å². The second-order valence-corrected chi connectivity index (χ2v) is 10.2. The largest absolute Gasteiger partial charge is 0.355 e. The topological polar surface area (TPSA) is 49.4 Å². The van der Waals surface area contributed by atoms with E-state index in [0.29, 0.717) is 22.2 Å². The number of nitrogens with zero attached hydrogens (tertiary/aromatic N) is 1. The van der Waals surface area contributed by atoms with Gasteiger partial charge in [-0.2, -0.15) is 0 Å². The van der Waals surface area contributed by atoms with Gasteiger partial charge in [0.15, 0.2) is 0 Å². The normalized spacial score (nSPS) is 20.1. The lowest BCUT2D eigenvalue weighted by atomic mass is 9.78. The molecule has 1 saturated carbocycles. The summed E-state index contributed by atoms with van der Waals surface area (Å²) in [6.45, 7) is 0.514. The van der Waals surface area contributed by atoms with Crippen molar-refractivity contribution in [1.82, 2.24) is 10.2 Å². The Morgan fingerprint density at radius 2 is 1.63 bits per heavy atom. The fraction of sp³-hybridized carbons (Fsp3) is 0.310. The van der Waals surface area contributed by atoms with Crippen molar-refractivity contribution in [3.63, 3.8) is 0 Å². The molecule has 5 rings (SSSR count). The molecular formula is C29H28Cl2N2O2. The highest BCUT2D eigenvalue weighted by atomic mass is 35.5. The van der Waals surface area contributed by atoms with Gasteiger partial charge in [0.05, 0.1) is 12.0 Å². The summed E-state index contributed by atoms with van der Waals surface area (Å²) in [6.07, 6.45) is 4.74. The zero-order valence-electron chi connectivity index (χ0n) is 19.4. The summed E-state index contributed by atoms with van der Waals surface area (Å²) >= 11 is 12.9. The van der Waals surface area contributed by atoms with Crippen LogP contribution < -0.4 is 5.32 Å². The first-order valence-electron chi connectivity index (χ1n) is 12.2. The summed E-state index contributed by atoms with van der Waals surface area (Å²) in [5, 5.41) is 4.15. The van der Waals surface area contributed by atoms with E-state index in [2.05, 4.69) is 17.4 Å². The smallest absolute Gasteiger partial charge is 0.254 e. The maximum absolute atomic E-state index is 13.9. The Morgan fingerprint density at radius 1 is 0.914 bits per heavy atom. The number of hydrogen-bond donors (Lipinski definition) is 1. The molecule has 1 fully saturated rings. The summed E-state index contributed by atoms with van der Waals surface area (Å²) in [7, 11) is 0. The predicted octanol–water partition coefficient (Wildman–Crippen LogP) is 6.58. The van der Waals surface area contributed by atoms with Crippen molar-refractivity contribution in [2.24, 2.45) is 0 Å². The minimum atomic E-state index is -0.570. The van der Waals surface area contributed by atoms with Crippen LogP contribution in [0.3, 0.4) is 0 Å². The van der Waals surface area contributed by atoms with E-state index in [1.54, 1.807) is 12.1 Å². The third kappa shape index (κ3) is 4.82. The molecule has 1 heterocycles. The number of amides is 2. The molecule has 0 aromatic heterocycles. The van der Waals surface area contributed by atoms with Crippen LogP contribution in [0.4, 0.5) is 0 Å². The van der Waals surface area contributed by atoms with Crippen LogP contribution in [0.1, 0.15) is 64.7 Å². The molecule has 1 aliphatic heterocycles. The van der Waals surface area contributed by atoms with E-state index in [1.807, 2.05) is 53.4 Å². The highest BCUT2D eigenvalue weighted by Gasteiger charge is 2.47. The molecule has 0 bridgehead atoms. The van der Waals surface area contributed by atoms with Crippen LogP contribution in [-0.2, 0) is 11.2 Å². The SMILES string of the molecule is O=C(NCCc1ccccc1)[C@H]1c2ccccc2C(=O)N(C2CCCC2)[C@H]1c1ccc(Cl)cc1Cl. The molecule has 2 atom stereocenters. The zero-order chi connectivity index (χ0) is 24.4. The lowest BCUT2D eigenvalue weighted by Gasteiger charge is -2.45. The summed E-state index contributed by atoms with van der Waals surface area (Å²) in [5.74, 6) is -0.698. The van der Waals surface area contributed by atoms with Crippen molar-refractivity contribution >= 4 is 35.0 Å². The molecule has 3 aromatic rings. The van der Waals surface area contributed by atoms with Crippen LogP contribution in [0.25, 0.3) is 0 Å². The van der Waals surface area contributed by atoms with Gasteiger partial charge < -0.3 is 10.2 Å². The van der Waals surface area contributed by atoms with Gasteiger partial charge in [0.1, 0.15) is 0 Å². The monoisotopic (exact) mass is 506 g/mol. The highest BCUT2D eigenvalue weighted by molar-refractivity contribution is 6.35. The van der Waals surface area contributed by atoms with Gasteiger partial charge in [0.25, 0.3) is 5.91 Å². The zero-order valence-corrected chi connectivity index (χ0v) is 20.9. The lowest BCUT2D eigenvalue weighted by molar-refractivity contribution is -0.124. The maximum atomic E-state index is 13.9. The first-order chi connectivity index (χ1) is 17.0. The molecule has 0 spiro atoms. The van der Waals surface area contributed by atoms with Crippen LogP contribution >= 0.6 is 23.2 Å². The van der Waals surface area contributed by atoms with Gasteiger partial charge in [-0.15, -0.1) is 0 Å². The molecule has 6 heteroatoms. The molecule has 0 saturated heterocycles. The summed E-state index contributed by atoms with van der Waals surface area (Å²) in [4.78, 5) is 29.7. The molecule has 3 aromatic carbocycles. The minimum Gasteiger partial charge on any atom is -0.355 e. The van der Waals surface area contributed by atoms with Crippen molar-refractivity contribution in [1.29, 1.82) is 0 Å². The third-order valence-electron chi connectivity index (χ3n) is 7.21. The van der Waals surface area contributed by atoms with E-state index in [1.165, 1.54) is 0 Å². The van der Waals surface area contributed by atoms with Crippen LogP contribution in [-0.4, -0.2) is 29.3 Å². The van der Waals surface area contributed by atoms with Gasteiger partial charge in [0, 0.05) is 28.2 Å². The Kier molecular flexibility index (Phi) is 7.12. The fourth-order valence-electron chi connectivity index (χ4n) is 5.57. The van der Waals surface area contributed by atoms with Gasteiger partial charge in [-0.1, -0.05) is 90.6 Å². The maximum Gasteiger partial charge on any atom is 0.254 e. The Morgan fingerprint density at radius 3 is 2.37 bits per heavy atom. The minimum absolute atomic E-state index is 0.0307. The molecule has 4 nitrogen and oxygen atoms in total. The molecule has 2 amide bonds. The second kappa shape index (κ2) is 10.4. The van der Waals surface area contributed by atoms with Gasteiger partial charge >= 0.3 is 0 Å². The molecule has 0 radical (unpaired) electrons. The Bertz CT molecular complexity index is 1220. The standard InChI is InChI=1S/C29H28Cl2N2O2/c30-20-14-15-24(25(31)18-20)27-26(28(34)32-17-16-19-8-2-1-3-9-19)22-12-6-7-13-23(22)29(35)33(27)21-10-4-5-11-21/h1-3,6-9,12-15,18,21,26-27H,4-5,10-11,16-17H2,(H,32,34)/t26-,27-/m0/s1. The number of nitrogens with one attached hydrogen (secondary N) is 1.